The molecule has 1 aromatic rings. The molecule has 6 fully saturated rings. The van der Waals surface area contributed by atoms with E-state index in [1.165, 1.54) is 0 Å². The third-order valence-corrected chi connectivity index (χ3v) is 8.29. The summed E-state index contributed by atoms with van der Waals surface area (Å²) in [5, 5.41) is 0. The topological polar surface area (TPSA) is 89.5 Å². The number of carbonyl (C=O) groups excluding carboxylic acids is 2. The van der Waals surface area contributed by atoms with Crippen LogP contribution in [0.5, 0.6) is 0 Å². The highest BCUT2D eigenvalue weighted by atomic mass is 79.9. The Morgan fingerprint density at radius 3 is 2.58 bits per heavy atom. The lowest BCUT2D eigenvalue weighted by Gasteiger charge is -2.47. The summed E-state index contributed by atoms with van der Waals surface area (Å²) in [6.45, 7) is 3.94. The number of hydrogen-bond acceptors (Lipinski definition) is 8. The summed E-state index contributed by atoms with van der Waals surface area (Å²) < 4.78 is 39.0. The normalized spacial score (nSPS) is 40.8. The third-order valence-electron chi connectivity index (χ3n) is 7.97. The van der Waals surface area contributed by atoms with Crippen molar-refractivity contribution in [1.82, 2.24) is 0 Å². The lowest BCUT2D eigenvalue weighted by Crippen LogP contribution is -2.61. The van der Waals surface area contributed by atoms with Gasteiger partial charge in [-0.15, -0.1) is 0 Å². The zero-order valence-electron chi connectivity index (χ0n) is 20.0. The number of halogens is 1. The van der Waals surface area contributed by atoms with Crippen molar-refractivity contribution in [1.29, 1.82) is 0 Å². The maximum absolute atomic E-state index is 12.7. The van der Waals surface area contributed by atoms with Gasteiger partial charge >= 0.3 is 5.97 Å². The van der Waals surface area contributed by atoms with Gasteiger partial charge in [0.05, 0.1) is 23.9 Å². The van der Waals surface area contributed by atoms with Gasteiger partial charge in [-0.2, -0.15) is 0 Å². The highest BCUT2D eigenvalue weighted by molar-refractivity contribution is 9.11. The van der Waals surface area contributed by atoms with Gasteiger partial charge in [-0.1, -0.05) is 40.7 Å². The van der Waals surface area contributed by atoms with Crippen LogP contribution in [-0.4, -0.2) is 73.0 Å². The second-order valence-corrected chi connectivity index (χ2v) is 11.5. The Morgan fingerprint density at radius 2 is 1.81 bits per heavy atom. The number of carbonyl (C=O) groups is 2. The van der Waals surface area contributed by atoms with Gasteiger partial charge in [0.1, 0.15) is 42.9 Å². The largest absolute Gasteiger partial charge is 0.458 e. The Balaban J connectivity index is 1.18. The van der Waals surface area contributed by atoms with E-state index in [2.05, 4.69) is 22.5 Å². The number of fused-ring (bicyclic) bond motifs is 1. The molecule has 0 aromatic heterocycles. The average Bonchev–Trinajstić information content (AvgIpc) is 3.28. The lowest BCUT2D eigenvalue weighted by molar-refractivity contribution is -0.292. The first-order chi connectivity index (χ1) is 17.4. The van der Waals surface area contributed by atoms with E-state index in [1.807, 2.05) is 18.2 Å². The van der Waals surface area contributed by atoms with E-state index < -0.39 is 11.9 Å². The average molecular weight is 563 g/mol. The summed E-state index contributed by atoms with van der Waals surface area (Å²) in [7, 11) is 0. The van der Waals surface area contributed by atoms with Crippen molar-refractivity contribution in [3.05, 3.63) is 47.0 Å². The molecule has 8 nitrogen and oxygen atoms in total. The van der Waals surface area contributed by atoms with Crippen LogP contribution in [0.1, 0.15) is 55.3 Å². The molecule has 0 saturated carbocycles. The van der Waals surface area contributed by atoms with E-state index in [0.717, 1.165) is 23.6 Å². The van der Waals surface area contributed by atoms with Crippen molar-refractivity contribution >= 4 is 28.2 Å². The fourth-order valence-electron chi connectivity index (χ4n) is 6.38. The molecule has 194 valence electrons. The molecule has 6 saturated heterocycles. The molecule has 10 atom stereocenters. The van der Waals surface area contributed by atoms with Crippen LogP contribution < -0.4 is 0 Å². The molecule has 7 rings (SSSR count). The minimum Gasteiger partial charge on any atom is -0.458 e. The predicted octanol–water partition coefficient (Wildman–Crippen LogP) is 3.85. The van der Waals surface area contributed by atoms with Crippen molar-refractivity contribution in [2.45, 2.75) is 106 Å². The Kier molecular flexibility index (Phi) is 6.81. The summed E-state index contributed by atoms with van der Waals surface area (Å²) >= 11 is 3.42. The van der Waals surface area contributed by atoms with E-state index in [-0.39, 0.29) is 54.8 Å². The van der Waals surface area contributed by atoms with E-state index >= 15 is 0 Å². The summed E-state index contributed by atoms with van der Waals surface area (Å²) in [6, 6.07) is 8.96. The summed E-state index contributed by atoms with van der Waals surface area (Å²) in [5.41, 5.74) is 0.509. The van der Waals surface area contributed by atoms with Crippen molar-refractivity contribution < 1.29 is 38.0 Å². The molecule has 1 aromatic carbocycles. The molecule has 0 amide bonds. The molecule has 6 bridgehead atoms. The van der Waals surface area contributed by atoms with Crippen molar-refractivity contribution in [2.24, 2.45) is 0 Å². The maximum atomic E-state index is 12.7. The quantitative estimate of drug-likeness (QED) is 0.331. The van der Waals surface area contributed by atoms with Crippen LogP contribution in [0.2, 0.25) is 0 Å². The van der Waals surface area contributed by atoms with Gasteiger partial charge in [0.2, 0.25) is 0 Å². The van der Waals surface area contributed by atoms with Crippen molar-refractivity contribution in [3.8, 4) is 0 Å². The molecule has 9 heteroatoms. The first kappa shape index (κ1) is 24.7. The number of esters is 1. The van der Waals surface area contributed by atoms with Crippen LogP contribution in [0.4, 0.5) is 0 Å². The van der Waals surface area contributed by atoms with Crippen LogP contribution >= 0.6 is 15.9 Å². The van der Waals surface area contributed by atoms with Crippen molar-refractivity contribution in [2.75, 3.05) is 0 Å². The van der Waals surface area contributed by atoms with E-state index in [4.69, 9.17) is 28.4 Å². The molecule has 0 radical (unpaired) electrons. The lowest BCUT2D eigenvalue weighted by atomic mass is 9.87. The predicted molar refractivity (Wildman–Crippen MR) is 131 cm³/mol. The molecule has 6 heterocycles. The molecule has 0 N–H and O–H groups in total. The maximum Gasteiger partial charge on any atom is 0.338 e. The van der Waals surface area contributed by atoms with E-state index in [0.29, 0.717) is 37.7 Å². The molecular weight excluding hydrogens is 532 g/mol. The standard InChI is InChI=1S/C27H31BrO8/c1-15(28)13-18(32-26(30)16-5-3-2-4-6-16)9-11-27-14-20-22(35-27)23-24(34-20)25(36-27)21-19(33-23)8-7-17(31-21)10-12-29/h2-6,12,17-25H,1,7-11,13-14H2/t17-,18-,19?,20?,21+,22?,23+,24-,25+,27+/m1/s1. The first-order valence-electron chi connectivity index (χ1n) is 12.8. The first-order valence-corrected chi connectivity index (χ1v) is 13.6. The van der Waals surface area contributed by atoms with E-state index in [9.17, 15) is 9.59 Å². The van der Waals surface area contributed by atoms with Crippen molar-refractivity contribution in [3.63, 3.8) is 0 Å². The molecule has 3 unspecified atom stereocenters. The Bertz CT molecular complexity index is 1000. The zero-order valence-corrected chi connectivity index (χ0v) is 21.5. The molecule has 6 aliphatic heterocycles. The third kappa shape index (κ3) is 4.59. The van der Waals surface area contributed by atoms with Crippen LogP contribution in [-0.2, 0) is 33.2 Å². The summed E-state index contributed by atoms with van der Waals surface area (Å²) in [5.74, 6) is -1.23. The molecular formula is C27H31BrO8. The van der Waals surface area contributed by atoms with Gasteiger partial charge < -0.3 is 33.2 Å². The fraction of sp³-hybridized carbons (Fsp3) is 0.630. The molecule has 36 heavy (non-hydrogen) atoms. The summed E-state index contributed by atoms with van der Waals surface area (Å²) in [4.78, 5) is 23.8. The van der Waals surface area contributed by atoms with Gasteiger partial charge in [0.25, 0.3) is 0 Å². The SMILES string of the molecule is C=C(Br)C[C@@H](CC[C@@]12CC3O[C@H]4[C@@H](O1)[C@H]1O[C@@H](CC=O)CCC1O[C@H]4C3O2)OC(=O)c1ccccc1. The van der Waals surface area contributed by atoms with Gasteiger partial charge in [-0.25, -0.2) is 4.79 Å². The smallest absolute Gasteiger partial charge is 0.338 e. The number of rotatable bonds is 9. The molecule has 0 spiro atoms. The summed E-state index contributed by atoms with van der Waals surface area (Å²) in [6.07, 6.45) is 3.01. The van der Waals surface area contributed by atoms with Gasteiger partial charge in [0, 0.05) is 25.7 Å². The molecule has 6 aliphatic rings. The second kappa shape index (κ2) is 9.93. The van der Waals surface area contributed by atoms with Gasteiger partial charge in [-0.3, -0.25) is 0 Å². The number of ether oxygens (including phenoxy) is 6. The second-order valence-electron chi connectivity index (χ2n) is 10.4. The minimum atomic E-state index is -0.867. The van der Waals surface area contributed by atoms with Crippen LogP contribution in [0.15, 0.2) is 41.4 Å². The van der Waals surface area contributed by atoms with Crippen LogP contribution in [0.25, 0.3) is 0 Å². The van der Waals surface area contributed by atoms with E-state index in [1.54, 1.807) is 12.1 Å². The van der Waals surface area contributed by atoms with Crippen LogP contribution in [0.3, 0.4) is 0 Å². The highest BCUT2D eigenvalue weighted by Gasteiger charge is 2.68. The number of hydrogen-bond donors (Lipinski definition) is 0. The number of aldehydes is 1. The monoisotopic (exact) mass is 562 g/mol. The Hall–Kier alpha value is -1.62. The minimum absolute atomic E-state index is 0.0993. The highest BCUT2D eigenvalue weighted by Crippen LogP contribution is 2.54. The Morgan fingerprint density at radius 1 is 1.06 bits per heavy atom. The van der Waals surface area contributed by atoms with Crippen LogP contribution in [0, 0.1) is 0 Å². The Labute approximate surface area is 218 Å². The van der Waals surface area contributed by atoms with Gasteiger partial charge in [0.15, 0.2) is 5.79 Å². The van der Waals surface area contributed by atoms with Gasteiger partial charge in [-0.05, 0) is 35.9 Å². The number of benzene rings is 1. The molecule has 0 aliphatic carbocycles. The fourth-order valence-corrected chi connectivity index (χ4v) is 6.74. The zero-order chi connectivity index (χ0) is 24.9.